The maximum Gasteiger partial charge on any atom is 0.260 e. The fourth-order valence-electron chi connectivity index (χ4n) is 10.1. The van der Waals surface area contributed by atoms with Crippen LogP contribution < -0.4 is 5.32 Å². The molecule has 3 saturated carbocycles. The number of rotatable bonds is 8. The van der Waals surface area contributed by atoms with Crippen LogP contribution in [0.4, 0.5) is 0 Å². The highest BCUT2D eigenvalue weighted by atomic mass is 16.6. The van der Waals surface area contributed by atoms with Gasteiger partial charge < -0.3 is 20.0 Å². The lowest BCUT2D eigenvalue weighted by Crippen LogP contribution is -2.51. The molecule has 0 radical (unpaired) electrons. The number of aliphatic hydroxyl groups excluding tert-OH is 1. The van der Waals surface area contributed by atoms with Crippen LogP contribution >= 0.6 is 0 Å². The van der Waals surface area contributed by atoms with E-state index in [1.165, 1.54) is 30.4 Å². The number of nitrogens with zero attached hydrogens (tertiary/aromatic N) is 1. The third kappa shape index (κ3) is 5.83. The number of fused-ring (bicyclic) bond motifs is 5. The SMILES string of the molecule is CC(C)[C@H]1C[C@](CCNC(=O)CO/N=C2\C=C3CC[C@H]4[C@@H]5CC[C@H](O)[C@@]5(C)CC[C@@H]4[C@@]3(C)CC2)(c2ccccc2)CCO1. The number of benzene rings is 1. The zero-order valence-corrected chi connectivity index (χ0v) is 26.9. The van der Waals surface area contributed by atoms with Gasteiger partial charge in [-0.25, -0.2) is 0 Å². The number of allylic oxidation sites excluding steroid dienone is 2. The number of nitrogens with one attached hydrogen (secondary N) is 1. The lowest BCUT2D eigenvalue weighted by Gasteiger charge is -2.57. The van der Waals surface area contributed by atoms with Crippen LogP contribution in [0, 0.1) is 34.5 Å². The third-order valence-corrected chi connectivity index (χ3v) is 12.9. The molecule has 4 fully saturated rings. The number of hydrogen-bond donors (Lipinski definition) is 2. The van der Waals surface area contributed by atoms with Gasteiger partial charge in [0.25, 0.3) is 5.91 Å². The first kappa shape index (κ1) is 30.8. The Morgan fingerprint density at radius 3 is 2.67 bits per heavy atom. The Balaban J connectivity index is 1.02. The Hall–Kier alpha value is -2.18. The summed E-state index contributed by atoms with van der Waals surface area (Å²) in [6, 6.07) is 10.7. The summed E-state index contributed by atoms with van der Waals surface area (Å²) < 4.78 is 6.11. The van der Waals surface area contributed by atoms with Crippen molar-refractivity contribution in [3.8, 4) is 0 Å². The van der Waals surface area contributed by atoms with Gasteiger partial charge in [-0.05, 0) is 117 Å². The van der Waals surface area contributed by atoms with Gasteiger partial charge in [-0.2, -0.15) is 0 Å². The van der Waals surface area contributed by atoms with Crippen molar-refractivity contribution in [1.29, 1.82) is 0 Å². The van der Waals surface area contributed by atoms with Gasteiger partial charge >= 0.3 is 0 Å². The van der Waals surface area contributed by atoms with Gasteiger partial charge in [0.15, 0.2) is 6.61 Å². The van der Waals surface area contributed by atoms with Crippen LogP contribution in [-0.4, -0.2) is 48.7 Å². The molecule has 0 spiro atoms. The molecule has 2 N–H and O–H groups in total. The maximum absolute atomic E-state index is 12.8. The molecule has 6 rings (SSSR count). The molecule has 5 aliphatic rings. The van der Waals surface area contributed by atoms with Gasteiger partial charge in [0, 0.05) is 18.6 Å². The predicted octanol–water partition coefficient (Wildman–Crippen LogP) is 6.96. The molecule has 1 aliphatic heterocycles. The highest BCUT2D eigenvalue weighted by molar-refractivity contribution is 5.96. The molecule has 1 amide bonds. The number of oxime groups is 1. The molecule has 6 heteroatoms. The smallest absolute Gasteiger partial charge is 0.260 e. The molecule has 1 aromatic carbocycles. The van der Waals surface area contributed by atoms with Gasteiger partial charge in [0.1, 0.15) is 0 Å². The number of aliphatic hydroxyl groups is 1. The summed E-state index contributed by atoms with van der Waals surface area (Å²) in [4.78, 5) is 18.4. The first-order valence-corrected chi connectivity index (χ1v) is 17.2. The molecule has 1 aromatic rings. The van der Waals surface area contributed by atoms with Crippen LogP contribution in [0.3, 0.4) is 0 Å². The van der Waals surface area contributed by atoms with E-state index in [2.05, 4.69) is 74.6 Å². The van der Waals surface area contributed by atoms with Crippen molar-refractivity contribution in [1.82, 2.24) is 5.32 Å². The van der Waals surface area contributed by atoms with E-state index in [0.717, 1.165) is 69.6 Å². The Morgan fingerprint density at radius 2 is 1.88 bits per heavy atom. The van der Waals surface area contributed by atoms with Gasteiger partial charge in [0.2, 0.25) is 0 Å². The topological polar surface area (TPSA) is 80.2 Å². The van der Waals surface area contributed by atoms with Crippen molar-refractivity contribution < 1.29 is 19.5 Å². The monoisotopic (exact) mass is 590 g/mol. The van der Waals surface area contributed by atoms with Crippen molar-refractivity contribution in [3.05, 3.63) is 47.5 Å². The minimum atomic E-state index is -0.119. The van der Waals surface area contributed by atoms with Gasteiger partial charge in [-0.15, -0.1) is 0 Å². The molecular formula is C37H54N2O4. The summed E-state index contributed by atoms with van der Waals surface area (Å²) in [5.41, 5.74) is 4.20. The second-order valence-electron chi connectivity index (χ2n) is 15.3. The standard InChI is InChI=1S/C37H54N2O4/c1-25(2)32-23-37(19-21-42-32,26-8-6-5-7-9-26)18-20-38-34(41)24-43-39-28-14-16-35(3)27(22-28)10-11-29-30-12-13-33(40)36(30,4)17-15-31(29)35/h5-9,22,25,29-33,40H,10-21,23-24H2,1-4H3,(H,38,41)/b39-28-/t29-,30-,31-,32+,33-,35-,36-,37+/m0/s1. The quantitative estimate of drug-likeness (QED) is 0.321. The summed E-state index contributed by atoms with van der Waals surface area (Å²) in [5, 5.41) is 18.3. The average molecular weight is 591 g/mol. The van der Waals surface area contributed by atoms with Crippen LogP contribution in [-0.2, 0) is 19.8 Å². The minimum Gasteiger partial charge on any atom is -0.393 e. The molecule has 6 nitrogen and oxygen atoms in total. The Kier molecular flexibility index (Phi) is 8.83. The van der Waals surface area contributed by atoms with Crippen LogP contribution in [0.1, 0.15) is 104 Å². The highest BCUT2D eigenvalue weighted by Crippen LogP contribution is 2.65. The lowest BCUT2D eigenvalue weighted by molar-refractivity contribution is -0.125. The summed E-state index contributed by atoms with van der Waals surface area (Å²) >= 11 is 0. The largest absolute Gasteiger partial charge is 0.393 e. The molecule has 1 heterocycles. The third-order valence-electron chi connectivity index (χ3n) is 12.9. The molecule has 8 atom stereocenters. The van der Waals surface area contributed by atoms with E-state index >= 15 is 0 Å². The Morgan fingerprint density at radius 1 is 1.07 bits per heavy atom. The predicted molar refractivity (Wildman–Crippen MR) is 171 cm³/mol. The van der Waals surface area contributed by atoms with Gasteiger partial charge in [-0.1, -0.05) is 68.8 Å². The van der Waals surface area contributed by atoms with E-state index in [0.29, 0.717) is 24.3 Å². The van der Waals surface area contributed by atoms with Crippen LogP contribution in [0.25, 0.3) is 0 Å². The fourth-order valence-corrected chi connectivity index (χ4v) is 10.1. The zero-order chi connectivity index (χ0) is 30.2. The summed E-state index contributed by atoms with van der Waals surface area (Å²) in [6.45, 7) is 10.6. The number of carbonyl (C=O) groups is 1. The number of amides is 1. The molecule has 1 saturated heterocycles. The van der Waals surface area contributed by atoms with E-state index in [1.54, 1.807) is 0 Å². The molecule has 43 heavy (non-hydrogen) atoms. The average Bonchev–Trinajstić information content (AvgIpc) is 3.31. The van der Waals surface area contributed by atoms with Crippen molar-refractivity contribution in [3.63, 3.8) is 0 Å². The Labute approximate surface area is 259 Å². The molecule has 0 unspecified atom stereocenters. The van der Waals surface area contributed by atoms with Crippen molar-refractivity contribution >= 4 is 11.6 Å². The molecule has 0 aromatic heterocycles. The van der Waals surface area contributed by atoms with Gasteiger partial charge in [-0.3, -0.25) is 4.79 Å². The van der Waals surface area contributed by atoms with Crippen molar-refractivity contribution in [2.45, 2.75) is 116 Å². The summed E-state index contributed by atoms with van der Waals surface area (Å²) in [6.07, 6.45) is 14.1. The number of ether oxygens (including phenoxy) is 1. The van der Waals surface area contributed by atoms with E-state index in [4.69, 9.17) is 9.57 Å². The second-order valence-corrected chi connectivity index (χ2v) is 15.3. The summed E-state index contributed by atoms with van der Waals surface area (Å²) in [5.74, 6) is 2.46. The lowest BCUT2D eigenvalue weighted by atomic mass is 9.47. The van der Waals surface area contributed by atoms with Crippen LogP contribution in [0.5, 0.6) is 0 Å². The molecule has 0 bridgehead atoms. The van der Waals surface area contributed by atoms with Crippen LogP contribution in [0.2, 0.25) is 0 Å². The fraction of sp³-hybridized carbons (Fsp3) is 0.730. The summed E-state index contributed by atoms with van der Waals surface area (Å²) in [7, 11) is 0. The Bertz CT molecular complexity index is 1210. The number of hydrogen-bond acceptors (Lipinski definition) is 5. The van der Waals surface area contributed by atoms with E-state index in [9.17, 15) is 9.90 Å². The van der Waals surface area contributed by atoms with Crippen LogP contribution in [0.15, 0.2) is 47.1 Å². The van der Waals surface area contributed by atoms with Crippen molar-refractivity contribution in [2.24, 2.45) is 39.7 Å². The van der Waals surface area contributed by atoms with Crippen molar-refractivity contribution in [2.75, 3.05) is 19.8 Å². The minimum absolute atomic E-state index is 0.0112. The van der Waals surface area contributed by atoms with E-state index < -0.39 is 0 Å². The first-order chi connectivity index (χ1) is 20.6. The first-order valence-electron chi connectivity index (χ1n) is 17.2. The molecule has 4 aliphatic carbocycles. The second kappa shape index (κ2) is 12.3. The van der Waals surface area contributed by atoms with E-state index in [1.807, 2.05) is 0 Å². The number of carbonyl (C=O) groups excluding carboxylic acids is 1. The normalized spacial score (nSPS) is 39.9. The highest BCUT2D eigenvalue weighted by Gasteiger charge is 2.58. The molecule has 236 valence electrons. The van der Waals surface area contributed by atoms with E-state index in [-0.39, 0.29) is 41.0 Å². The molecular weight excluding hydrogens is 536 g/mol. The zero-order valence-electron chi connectivity index (χ0n) is 26.9. The van der Waals surface area contributed by atoms with Gasteiger partial charge in [0.05, 0.1) is 17.9 Å². The maximum atomic E-state index is 12.8.